The Morgan fingerprint density at radius 1 is 1.47 bits per heavy atom. The third kappa shape index (κ3) is 3.67. The summed E-state index contributed by atoms with van der Waals surface area (Å²) in [5, 5.41) is 10.4. The van der Waals surface area contributed by atoms with E-state index in [1.807, 2.05) is 0 Å². The van der Waals surface area contributed by atoms with E-state index in [1.165, 1.54) is 24.3 Å². The second-order valence-corrected chi connectivity index (χ2v) is 3.06. The Morgan fingerprint density at radius 3 is 2.53 bits per heavy atom. The van der Waals surface area contributed by atoms with Crippen LogP contribution >= 0.6 is 0 Å². The first-order chi connectivity index (χ1) is 8.04. The van der Waals surface area contributed by atoms with E-state index in [4.69, 9.17) is 0 Å². The van der Waals surface area contributed by atoms with Gasteiger partial charge in [-0.3, -0.25) is 10.1 Å². The second kappa shape index (κ2) is 5.74. The van der Waals surface area contributed by atoms with Crippen LogP contribution in [0.25, 0.3) is 6.08 Å². The Morgan fingerprint density at radius 2 is 2.06 bits per heavy atom. The van der Waals surface area contributed by atoms with Gasteiger partial charge in [0.1, 0.15) is 0 Å². The van der Waals surface area contributed by atoms with E-state index in [2.05, 4.69) is 4.74 Å². The van der Waals surface area contributed by atoms with E-state index in [-0.39, 0.29) is 12.3 Å². The van der Waals surface area contributed by atoms with Crippen molar-refractivity contribution in [1.82, 2.24) is 0 Å². The summed E-state index contributed by atoms with van der Waals surface area (Å²) in [6.45, 7) is 1.65. The minimum atomic E-state index is -1.05. The fraction of sp³-hybridized carbons (Fsp3) is 0.182. The standard InChI is InChI=1S/C11H10FNO4/c1-2-17-11(14)10(12)7-8-3-5-9(6-4-8)13(15)16/h3-7H,2H2,1H3/b10-7-. The van der Waals surface area contributed by atoms with Crippen molar-refractivity contribution in [3.63, 3.8) is 0 Å². The summed E-state index contributed by atoms with van der Waals surface area (Å²) in [5.41, 5.74) is 0.250. The van der Waals surface area contributed by atoms with Crippen LogP contribution in [0.15, 0.2) is 30.1 Å². The molecule has 0 aliphatic rings. The molecule has 90 valence electrons. The van der Waals surface area contributed by atoms with Crippen molar-refractivity contribution in [2.24, 2.45) is 0 Å². The fourth-order valence-electron chi connectivity index (χ4n) is 1.10. The first-order valence-electron chi connectivity index (χ1n) is 4.83. The molecule has 1 aromatic rings. The maximum Gasteiger partial charge on any atom is 0.367 e. The third-order valence-electron chi connectivity index (χ3n) is 1.87. The average Bonchev–Trinajstić information content (AvgIpc) is 2.30. The summed E-state index contributed by atoms with van der Waals surface area (Å²) < 4.78 is 17.6. The van der Waals surface area contributed by atoms with Gasteiger partial charge >= 0.3 is 5.97 Å². The summed E-state index contributed by atoms with van der Waals surface area (Å²) in [5.74, 6) is -2.09. The number of hydrogen-bond acceptors (Lipinski definition) is 4. The molecule has 0 radical (unpaired) electrons. The molecule has 17 heavy (non-hydrogen) atoms. The molecule has 0 saturated carbocycles. The van der Waals surface area contributed by atoms with Crippen LogP contribution in [0.3, 0.4) is 0 Å². The zero-order valence-electron chi connectivity index (χ0n) is 9.05. The number of nitrogens with zero attached hydrogens (tertiary/aromatic N) is 1. The van der Waals surface area contributed by atoms with E-state index in [0.29, 0.717) is 5.56 Å². The number of rotatable bonds is 4. The van der Waals surface area contributed by atoms with Crippen LogP contribution in [0.1, 0.15) is 12.5 Å². The van der Waals surface area contributed by atoms with Crippen LogP contribution in [-0.4, -0.2) is 17.5 Å². The van der Waals surface area contributed by atoms with Crippen molar-refractivity contribution in [3.05, 3.63) is 45.8 Å². The molecule has 5 nitrogen and oxygen atoms in total. The Balaban J connectivity index is 2.84. The smallest absolute Gasteiger partial charge is 0.367 e. The molecule has 0 unspecified atom stereocenters. The molecule has 0 bridgehead atoms. The molecular formula is C11H10FNO4. The van der Waals surface area contributed by atoms with Crippen molar-refractivity contribution in [1.29, 1.82) is 0 Å². The van der Waals surface area contributed by atoms with Crippen molar-refractivity contribution < 1.29 is 18.8 Å². The maximum atomic E-state index is 13.2. The van der Waals surface area contributed by atoms with Gasteiger partial charge in [0.15, 0.2) is 0 Å². The first kappa shape index (κ1) is 12.8. The number of carbonyl (C=O) groups is 1. The zero-order valence-corrected chi connectivity index (χ0v) is 9.05. The van der Waals surface area contributed by atoms with Crippen LogP contribution in [0.2, 0.25) is 0 Å². The van der Waals surface area contributed by atoms with E-state index in [1.54, 1.807) is 6.92 Å². The number of non-ortho nitro benzene ring substituents is 1. The molecule has 0 fully saturated rings. The summed E-state index contributed by atoms with van der Waals surface area (Å²) in [4.78, 5) is 20.8. The molecule has 0 aromatic heterocycles. The number of halogens is 1. The number of hydrogen-bond donors (Lipinski definition) is 0. The number of esters is 1. The molecule has 0 aliphatic carbocycles. The lowest BCUT2D eigenvalue weighted by molar-refractivity contribution is -0.384. The molecule has 0 atom stereocenters. The number of ether oxygens (including phenoxy) is 1. The summed E-state index contributed by atoms with van der Waals surface area (Å²) in [6, 6.07) is 5.14. The van der Waals surface area contributed by atoms with Crippen molar-refractivity contribution in [2.75, 3.05) is 6.61 Å². The van der Waals surface area contributed by atoms with Crippen molar-refractivity contribution in [2.45, 2.75) is 6.92 Å². The molecule has 0 saturated heterocycles. The van der Waals surface area contributed by atoms with Crippen LogP contribution < -0.4 is 0 Å². The van der Waals surface area contributed by atoms with Gasteiger partial charge in [-0.2, -0.15) is 4.39 Å². The summed E-state index contributed by atoms with van der Waals surface area (Å²) >= 11 is 0. The predicted molar refractivity (Wildman–Crippen MR) is 58.8 cm³/mol. The van der Waals surface area contributed by atoms with Gasteiger partial charge in [0.05, 0.1) is 11.5 Å². The highest BCUT2D eigenvalue weighted by molar-refractivity contribution is 5.91. The minimum absolute atomic E-state index is 0.0837. The molecule has 0 spiro atoms. The number of carbonyl (C=O) groups excluding carboxylic acids is 1. The SMILES string of the molecule is CCOC(=O)/C(F)=C/c1ccc([N+](=O)[O-])cc1. The highest BCUT2D eigenvalue weighted by Gasteiger charge is 2.10. The Hall–Kier alpha value is -2.24. The van der Waals surface area contributed by atoms with Gasteiger partial charge < -0.3 is 4.74 Å². The molecule has 0 heterocycles. The largest absolute Gasteiger partial charge is 0.461 e. The normalized spacial score (nSPS) is 11.1. The quantitative estimate of drug-likeness (QED) is 0.350. The average molecular weight is 239 g/mol. The maximum absolute atomic E-state index is 13.2. The van der Waals surface area contributed by atoms with E-state index in [9.17, 15) is 19.3 Å². The summed E-state index contributed by atoms with van der Waals surface area (Å²) in [6.07, 6.45) is 0.960. The van der Waals surface area contributed by atoms with Crippen molar-refractivity contribution >= 4 is 17.7 Å². The second-order valence-electron chi connectivity index (χ2n) is 3.06. The Labute approximate surface area is 96.7 Å². The molecule has 6 heteroatoms. The van der Waals surface area contributed by atoms with E-state index < -0.39 is 16.7 Å². The van der Waals surface area contributed by atoms with Gasteiger partial charge in [-0.05, 0) is 30.7 Å². The molecule has 0 amide bonds. The first-order valence-corrected chi connectivity index (χ1v) is 4.83. The number of benzene rings is 1. The Bertz CT molecular complexity index is 453. The van der Waals surface area contributed by atoms with E-state index >= 15 is 0 Å². The monoisotopic (exact) mass is 239 g/mol. The van der Waals surface area contributed by atoms with Gasteiger partial charge in [0, 0.05) is 12.1 Å². The van der Waals surface area contributed by atoms with Gasteiger partial charge in [-0.25, -0.2) is 4.79 Å². The highest BCUT2D eigenvalue weighted by atomic mass is 19.1. The van der Waals surface area contributed by atoms with Gasteiger partial charge in [-0.15, -0.1) is 0 Å². The topological polar surface area (TPSA) is 69.4 Å². The van der Waals surface area contributed by atoms with Crippen LogP contribution in [0.4, 0.5) is 10.1 Å². The third-order valence-corrected chi connectivity index (χ3v) is 1.87. The lowest BCUT2D eigenvalue weighted by atomic mass is 10.2. The highest BCUT2D eigenvalue weighted by Crippen LogP contribution is 2.15. The number of nitro groups is 1. The Kier molecular flexibility index (Phi) is 4.33. The van der Waals surface area contributed by atoms with Crippen LogP contribution in [-0.2, 0) is 9.53 Å². The van der Waals surface area contributed by atoms with E-state index in [0.717, 1.165) is 6.08 Å². The van der Waals surface area contributed by atoms with Gasteiger partial charge in [-0.1, -0.05) is 0 Å². The number of nitro benzene ring substituents is 1. The fourth-order valence-corrected chi connectivity index (χ4v) is 1.10. The molecule has 0 N–H and O–H groups in total. The van der Waals surface area contributed by atoms with Crippen LogP contribution in [0.5, 0.6) is 0 Å². The minimum Gasteiger partial charge on any atom is -0.461 e. The predicted octanol–water partition coefficient (Wildman–Crippen LogP) is 2.47. The molecule has 0 aliphatic heterocycles. The van der Waals surface area contributed by atoms with Crippen LogP contribution in [0, 0.1) is 10.1 Å². The zero-order chi connectivity index (χ0) is 12.8. The lowest BCUT2D eigenvalue weighted by Gasteiger charge is -1.98. The van der Waals surface area contributed by atoms with Gasteiger partial charge in [0.25, 0.3) is 5.69 Å². The van der Waals surface area contributed by atoms with Crippen molar-refractivity contribution in [3.8, 4) is 0 Å². The molecular weight excluding hydrogens is 229 g/mol. The van der Waals surface area contributed by atoms with Gasteiger partial charge in [0.2, 0.25) is 5.83 Å². The molecule has 1 rings (SSSR count). The molecule has 1 aromatic carbocycles. The summed E-state index contributed by atoms with van der Waals surface area (Å²) in [7, 11) is 0. The lowest BCUT2D eigenvalue weighted by Crippen LogP contribution is -2.03.